The van der Waals surface area contributed by atoms with Crippen molar-refractivity contribution in [3.05, 3.63) is 82.9 Å². The minimum Gasteiger partial charge on any atom is -0.346 e. The number of carbonyl (C=O) groups excluding carboxylic acids is 1. The zero-order valence-electron chi connectivity index (χ0n) is 18.1. The fraction of sp³-hybridized carbons (Fsp3) is 0.269. The summed E-state index contributed by atoms with van der Waals surface area (Å²) in [5.41, 5.74) is 8.87. The van der Waals surface area contributed by atoms with Crippen LogP contribution in [0.1, 0.15) is 51.5 Å². The summed E-state index contributed by atoms with van der Waals surface area (Å²) in [6, 6.07) is 10.8. The van der Waals surface area contributed by atoms with Crippen molar-refractivity contribution in [2.45, 2.75) is 38.9 Å². The minimum absolute atomic E-state index is 0.0345. The monoisotopic (exact) mass is 423 g/mol. The fourth-order valence-electron chi connectivity index (χ4n) is 5.08. The van der Waals surface area contributed by atoms with Gasteiger partial charge in [-0.05, 0) is 84.5 Å². The van der Waals surface area contributed by atoms with Crippen molar-refractivity contribution < 1.29 is 4.79 Å². The number of aryl methyl sites for hydroxylation is 1. The van der Waals surface area contributed by atoms with Gasteiger partial charge in [0.15, 0.2) is 0 Å². The lowest BCUT2D eigenvalue weighted by molar-refractivity contribution is 0.0750. The van der Waals surface area contributed by atoms with Gasteiger partial charge in [0.1, 0.15) is 5.65 Å². The summed E-state index contributed by atoms with van der Waals surface area (Å²) in [6.07, 6.45) is 9.59. The van der Waals surface area contributed by atoms with Crippen LogP contribution in [0.5, 0.6) is 0 Å². The lowest BCUT2D eigenvalue weighted by Gasteiger charge is -2.18. The molecular formula is C26H25N5O. The van der Waals surface area contributed by atoms with Crippen molar-refractivity contribution in [1.29, 1.82) is 0 Å². The second-order valence-electron chi connectivity index (χ2n) is 8.85. The maximum atomic E-state index is 13.1. The molecule has 1 saturated heterocycles. The summed E-state index contributed by atoms with van der Waals surface area (Å²) >= 11 is 0. The van der Waals surface area contributed by atoms with E-state index in [0.717, 1.165) is 35.1 Å². The summed E-state index contributed by atoms with van der Waals surface area (Å²) in [6.45, 7) is 4.40. The van der Waals surface area contributed by atoms with E-state index in [2.05, 4.69) is 45.4 Å². The van der Waals surface area contributed by atoms with Crippen LogP contribution in [0.2, 0.25) is 0 Å². The van der Waals surface area contributed by atoms with Crippen LogP contribution in [-0.4, -0.2) is 32.3 Å². The molecule has 4 aromatic rings. The van der Waals surface area contributed by atoms with Crippen molar-refractivity contribution in [2.24, 2.45) is 0 Å². The highest BCUT2D eigenvalue weighted by atomic mass is 16.2. The van der Waals surface area contributed by atoms with E-state index in [1.54, 1.807) is 12.4 Å². The summed E-state index contributed by atoms with van der Waals surface area (Å²) in [4.78, 5) is 27.0. The van der Waals surface area contributed by atoms with Gasteiger partial charge >= 0.3 is 0 Å². The Labute approximate surface area is 186 Å². The van der Waals surface area contributed by atoms with E-state index in [1.807, 2.05) is 29.4 Å². The highest BCUT2D eigenvalue weighted by Gasteiger charge is 2.30. The van der Waals surface area contributed by atoms with Crippen LogP contribution in [0.3, 0.4) is 0 Å². The molecule has 0 bridgehead atoms. The summed E-state index contributed by atoms with van der Waals surface area (Å²) in [5.74, 6) is 0.0345. The number of hydrogen-bond donors (Lipinski definition) is 2. The summed E-state index contributed by atoms with van der Waals surface area (Å²) < 4.78 is 0. The molecule has 3 aromatic heterocycles. The SMILES string of the molecule is Cc1c[nH]c2ncc(-c3cc4c(c([C@@H]5CCCN5)c3)CN(C(=O)c3cccnc3)C4)cc12. The van der Waals surface area contributed by atoms with Crippen LogP contribution in [0.25, 0.3) is 22.2 Å². The number of aromatic amines is 1. The number of amides is 1. The Kier molecular flexibility index (Phi) is 4.54. The molecule has 0 unspecified atom stereocenters. The smallest absolute Gasteiger partial charge is 0.256 e. The number of rotatable bonds is 3. The molecule has 0 radical (unpaired) electrons. The molecular weight excluding hydrogens is 398 g/mol. The first kappa shape index (κ1) is 19.2. The third-order valence-corrected chi connectivity index (χ3v) is 6.79. The number of nitrogens with zero attached hydrogens (tertiary/aromatic N) is 3. The molecule has 5 heterocycles. The number of benzene rings is 1. The molecule has 6 rings (SSSR count). The first-order chi connectivity index (χ1) is 15.7. The van der Waals surface area contributed by atoms with Gasteiger partial charge in [-0.15, -0.1) is 0 Å². The second kappa shape index (κ2) is 7.57. The molecule has 6 nitrogen and oxygen atoms in total. The third-order valence-electron chi connectivity index (χ3n) is 6.79. The zero-order valence-corrected chi connectivity index (χ0v) is 18.1. The van der Waals surface area contributed by atoms with Crippen molar-refractivity contribution in [2.75, 3.05) is 6.54 Å². The zero-order chi connectivity index (χ0) is 21.7. The Morgan fingerprint density at radius 2 is 2.09 bits per heavy atom. The van der Waals surface area contributed by atoms with Gasteiger partial charge in [0.05, 0.1) is 5.56 Å². The predicted octanol–water partition coefficient (Wildman–Crippen LogP) is 4.51. The van der Waals surface area contributed by atoms with Crippen LogP contribution < -0.4 is 5.32 Å². The van der Waals surface area contributed by atoms with Gasteiger partial charge in [0.25, 0.3) is 5.91 Å². The van der Waals surface area contributed by atoms with Crippen LogP contribution in [0, 0.1) is 6.92 Å². The van der Waals surface area contributed by atoms with Crippen molar-refractivity contribution in [3.63, 3.8) is 0 Å². The molecule has 2 N–H and O–H groups in total. The van der Waals surface area contributed by atoms with Crippen molar-refractivity contribution in [3.8, 4) is 11.1 Å². The molecule has 1 atom stereocenters. The van der Waals surface area contributed by atoms with E-state index in [4.69, 9.17) is 0 Å². The average Bonchev–Trinajstić information content (AvgIpc) is 3.58. The molecule has 6 heteroatoms. The Hall–Kier alpha value is -3.51. The maximum Gasteiger partial charge on any atom is 0.256 e. The molecule has 2 aliphatic rings. The topological polar surface area (TPSA) is 73.9 Å². The largest absolute Gasteiger partial charge is 0.346 e. The Bertz CT molecular complexity index is 1320. The number of aromatic nitrogens is 3. The number of fused-ring (bicyclic) bond motifs is 2. The molecule has 1 amide bonds. The fourth-order valence-corrected chi connectivity index (χ4v) is 5.08. The lowest BCUT2D eigenvalue weighted by Crippen LogP contribution is -2.25. The van der Waals surface area contributed by atoms with Crippen molar-refractivity contribution >= 4 is 16.9 Å². The van der Waals surface area contributed by atoms with Crippen LogP contribution in [0.4, 0.5) is 0 Å². The average molecular weight is 424 g/mol. The summed E-state index contributed by atoms with van der Waals surface area (Å²) in [7, 11) is 0. The Morgan fingerprint density at radius 1 is 1.16 bits per heavy atom. The molecule has 32 heavy (non-hydrogen) atoms. The van der Waals surface area contributed by atoms with Gasteiger partial charge in [-0.25, -0.2) is 4.98 Å². The molecule has 2 aliphatic heterocycles. The molecule has 160 valence electrons. The first-order valence-corrected chi connectivity index (χ1v) is 11.2. The standard InChI is InChI=1S/C26H25N5O/c1-16-11-29-25-21(16)10-19(13-30-25)18-8-20-14-31(26(32)17-4-2-6-27-12-17)15-23(20)22(9-18)24-5-3-7-28-24/h2,4,6,8-13,24,28H,3,5,7,14-15H2,1H3,(H,29,30)/t24-/m0/s1. The molecule has 1 aromatic carbocycles. The lowest BCUT2D eigenvalue weighted by atomic mass is 9.91. The normalized spacial score (nSPS) is 17.8. The molecule has 0 saturated carbocycles. The van der Waals surface area contributed by atoms with E-state index in [1.165, 1.54) is 28.7 Å². The highest BCUT2D eigenvalue weighted by Crippen LogP contribution is 2.38. The van der Waals surface area contributed by atoms with Crippen LogP contribution in [-0.2, 0) is 13.1 Å². The number of H-pyrrole nitrogens is 1. The Balaban J connectivity index is 1.42. The van der Waals surface area contributed by atoms with Gasteiger partial charge in [0, 0.05) is 54.9 Å². The number of hydrogen-bond acceptors (Lipinski definition) is 4. The minimum atomic E-state index is 0.0345. The van der Waals surface area contributed by atoms with Gasteiger partial charge in [-0.2, -0.15) is 0 Å². The molecule has 0 spiro atoms. The summed E-state index contributed by atoms with van der Waals surface area (Å²) in [5, 5.41) is 4.81. The van der Waals surface area contributed by atoms with Crippen LogP contribution >= 0.6 is 0 Å². The van der Waals surface area contributed by atoms with E-state index < -0.39 is 0 Å². The van der Waals surface area contributed by atoms with Gasteiger partial charge < -0.3 is 15.2 Å². The first-order valence-electron chi connectivity index (χ1n) is 11.2. The van der Waals surface area contributed by atoms with Gasteiger partial charge in [-0.3, -0.25) is 9.78 Å². The Morgan fingerprint density at radius 3 is 2.91 bits per heavy atom. The number of pyridine rings is 2. The highest BCUT2D eigenvalue weighted by molar-refractivity contribution is 5.94. The van der Waals surface area contributed by atoms with E-state index in [-0.39, 0.29) is 5.91 Å². The van der Waals surface area contributed by atoms with E-state index in [0.29, 0.717) is 24.7 Å². The van der Waals surface area contributed by atoms with Gasteiger partial charge in [-0.1, -0.05) is 0 Å². The van der Waals surface area contributed by atoms with Crippen molar-refractivity contribution in [1.82, 2.24) is 25.2 Å². The maximum absolute atomic E-state index is 13.1. The number of nitrogens with one attached hydrogen (secondary N) is 2. The van der Waals surface area contributed by atoms with Gasteiger partial charge in [0.2, 0.25) is 0 Å². The quantitative estimate of drug-likeness (QED) is 0.508. The molecule has 1 fully saturated rings. The third kappa shape index (κ3) is 3.19. The predicted molar refractivity (Wildman–Crippen MR) is 124 cm³/mol. The van der Waals surface area contributed by atoms with E-state index >= 15 is 0 Å². The second-order valence-corrected chi connectivity index (χ2v) is 8.85. The van der Waals surface area contributed by atoms with Crippen LogP contribution in [0.15, 0.2) is 55.1 Å². The number of carbonyl (C=O) groups is 1. The molecule has 0 aliphatic carbocycles. The van der Waals surface area contributed by atoms with E-state index in [9.17, 15) is 4.79 Å².